The second-order valence-electron chi connectivity index (χ2n) is 5.58. The molecule has 0 atom stereocenters. The van der Waals surface area contributed by atoms with E-state index in [9.17, 15) is 4.79 Å². The lowest BCUT2D eigenvalue weighted by Gasteiger charge is -2.22. The predicted octanol–water partition coefficient (Wildman–Crippen LogP) is 4.38. The summed E-state index contributed by atoms with van der Waals surface area (Å²) in [5, 5.41) is 0. The van der Waals surface area contributed by atoms with Crippen molar-refractivity contribution >= 4 is 5.91 Å². The Balaban J connectivity index is 3.02. The molecule has 0 unspecified atom stereocenters. The van der Waals surface area contributed by atoms with Gasteiger partial charge in [-0.25, -0.2) is 0 Å². The zero-order chi connectivity index (χ0) is 14.4. The molecule has 1 aromatic carbocycles. The van der Waals surface area contributed by atoms with Crippen LogP contribution in [0.25, 0.3) is 0 Å². The van der Waals surface area contributed by atoms with Crippen molar-refractivity contribution < 1.29 is 4.79 Å². The summed E-state index contributed by atoms with van der Waals surface area (Å²) in [6.07, 6.45) is 2.02. The maximum Gasteiger partial charge on any atom is 0.253 e. The SMILES string of the molecule is CCCN(CCC)C(=O)c1cc(C)cc(C(C)C)c1. The molecular formula is C17H27NO. The molecule has 2 heteroatoms. The summed E-state index contributed by atoms with van der Waals surface area (Å²) in [6.45, 7) is 12.3. The summed E-state index contributed by atoms with van der Waals surface area (Å²) >= 11 is 0. The van der Waals surface area contributed by atoms with E-state index in [1.54, 1.807) is 0 Å². The minimum absolute atomic E-state index is 0.175. The third-order valence-corrected chi connectivity index (χ3v) is 3.29. The Morgan fingerprint density at radius 3 is 2.16 bits per heavy atom. The second-order valence-corrected chi connectivity index (χ2v) is 5.58. The van der Waals surface area contributed by atoms with Gasteiger partial charge in [-0.15, -0.1) is 0 Å². The van der Waals surface area contributed by atoms with E-state index in [0.717, 1.165) is 31.5 Å². The molecule has 0 N–H and O–H groups in total. The molecule has 0 bridgehead atoms. The van der Waals surface area contributed by atoms with Gasteiger partial charge in [0, 0.05) is 18.7 Å². The first kappa shape index (κ1) is 15.7. The van der Waals surface area contributed by atoms with Gasteiger partial charge in [-0.05, 0) is 43.4 Å². The Kier molecular flexibility index (Phi) is 6.07. The van der Waals surface area contributed by atoms with E-state index in [-0.39, 0.29) is 5.91 Å². The lowest BCUT2D eigenvalue weighted by Crippen LogP contribution is -2.32. The van der Waals surface area contributed by atoms with Gasteiger partial charge >= 0.3 is 0 Å². The summed E-state index contributed by atoms with van der Waals surface area (Å²) in [4.78, 5) is 14.5. The fraction of sp³-hybridized carbons (Fsp3) is 0.588. The fourth-order valence-corrected chi connectivity index (χ4v) is 2.31. The summed E-state index contributed by atoms with van der Waals surface area (Å²) in [5.41, 5.74) is 3.25. The number of hydrogen-bond acceptors (Lipinski definition) is 1. The third kappa shape index (κ3) is 4.38. The lowest BCUT2D eigenvalue weighted by atomic mass is 9.97. The predicted molar refractivity (Wildman–Crippen MR) is 81.8 cm³/mol. The zero-order valence-electron chi connectivity index (χ0n) is 13.0. The summed E-state index contributed by atoms with van der Waals surface area (Å²) < 4.78 is 0. The molecule has 1 aromatic rings. The van der Waals surface area contributed by atoms with Crippen LogP contribution in [0.1, 0.15) is 67.9 Å². The maximum atomic E-state index is 12.6. The van der Waals surface area contributed by atoms with Crippen LogP contribution in [0.2, 0.25) is 0 Å². The van der Waals surface area contributed by atoms with Crippen LogP contribution < -0.4 is 0 Å². The Labute approximate surface area is 117 Å². The van der Waals surface area contributed by atoms with E-state index in [1.807, 2.05) is 11.0 Å². The number of nitrogens with zero attached hydrogens (tertiary/aromatic N) is 1. The molecule has 0 radical (unpaired) electrons. The highest BCUT2D eigenvalue weighted by molar-refractivity contribution is 5.94. The lowest BCUT2D eigenvalue weighted by molar-refractivity contribution is 0.0755. The van der Waals surface area contributed by atoms with E-state index < -0.39 is 0 Å². The molecule has 106 valence electrons. The van der Waals surface area contributed by atoms with Crippen LogP contribution >= 0.6 is 0 Å². The number of benzene rings is 1. The van der Waals surface area contributed by atoms with Gasteiger partial charge in [-0.3, -0.25) is 4.79 Å². The molecule has 0 saturated carbocycles. The number of rotatable bonds is 6. The molecule has 0 aliphatic rings. The first-order chi connectivity index (χ1) is 8.99. The summed E-state index contributed by atoms with van der Waals surface area (Å²) in [7, 11) is 0. The second kappa shape index (κ2) is 7.32. The highest BCUT2D eigenvalue weighted by Crippen LogP contribution is 2.19. The van der Waals surface area contributed by atoms with Crippen molar-refractivity contribution in [2.75, 3.05) is 13.1 Å². The fourth-order valence-electron chi connectivity index (χ4n) is 2.31. The van der Waals surface area contributed by atoms with Crippen molar-refractivity contribution in [1.82, 2.24) is 4.90 Å². The largest absolute Gasteiger partial charge is 0.339 e. The Bertz CT molecular complexity index is 417. The topological polar surface area (TPSA) is 20.3 Å². The van der Waals surface area contributed by atoms with E-state index in [0.29, 0.717) is 5.92 Å². The van der Waals surface area contributed by atoms with Crippen LogP contribution in [-0.4, -0.2) is 23.9 Å². The van der Waals surface area contributed by atoms with Crippen LogP contribution in [0.5, 0.6) is 0 Å². The van der Waals surface area contributed by atoms with Crippen molar-refractivity contribution in [3.05, 3.63) is 34.9 Å². The van der Waals surface area contributed by atoms with Crippen molar-refractivity contribution in [2.24, 2.45) is 0 Å². The number of hydrogen-bond donors (Lipinski definition) is 0. The molecule has 19 heavy (non-hydrogen) atoms. The standard InChI is InChI=1S/C17H27NO/c1-6-8-18(9-7-2)17(19)16-11-14(5)10-15(12-16)13(3)4/h10-13H,6-9H2,1-5H3. The third-order valence-electron chi connectivity index (χ3n) is 3.29. The van der Waals surface area contributed by atoms with Crippen LogP contribution in [0, 0.1) is 6.92 Å². The normalized spacial score (nSPS) is 10.8. The Hall–Kier alpha value is -1.31. The minimum atomic E-state index is 0.175. The average molecular weight is 261 g/mol. The molecule has 2 nitrogen and oxygen atoms in total. The van der Waals surface area contributed by atoms with Gasteiger partial charge in [0.25, 0.3) is 5.91 Å². The average Bonchev–Trinajstić information content (AvgIpc) is 2.37. The van der Waals surface area contributed by atoms with Crippen molar-refractivity contribution in [3.63, 3.8) is 0 Å². The highest BCUT2D eigenvalue weighted by atomic mass is 16.2. The number of amides is 1. The first-order valence-corrected chi connectivity index (χ1v) is 7.40. The van der Waals surface area contributed by atoms with E-state index in [4.69, 9.17) is 0 Å². The van der Waals surface area contributed by atoms with Gasteiger partial charge in [0.15, 0.2) is 0 Å². The Morgan fingerprint density at radius 2 is 1.68 bits per heavy atom. The molecular weight excluding hydrogens is 234 g/mol. The smallest absolute Gasteiger partial charge is 0.253 e. The van der Waals surface area contributed by atoms with Gasteiger partial charge in [-0.2, -0.15) is 0 Å². The van der Waals surface area contributed by atoms with Crippen LogP contribution in [0.3, 0.4) is 0 Å². The molecule has 0 saturated heterocycles. The molecule has 0 aromatic heterocycles. The van der Waals surface area contributed by atoms with Gasteiger partial charge in [0.1, 0.15) is 0 Å². The van der Waals surface area contributed by atoms with Crippen molar-refractivity contribution in [3.8, 4) is 0 Å². The number of carbonyl (C=O) groups is 1. The van der Waals surface area contributed by atoms with Gasteiger partial charge < -0.3 is 4.90 Å². The summed E-state index contributed by atoms with van der Waals surface area (Å²) in [6, 6.07) is 6.23. The molecule has 0 spiro atoms. The van der Waals surface area contributed by atoms with Gasteiger partial charge in [0.05, 0.1) is 0 Å². The maximum absolute atomic E-state index is 12.6. The monoisotopic (exact) mass is 261 g/mol. The molecule has 0 aliphatic heterocycles. The molecule has 1 amide bonds. The summed E-state index contributed by atoms with van der Waals surface area (Å²) in [5.74, 6) is 0.631. The van der Waals surface area contributed by atoms with Gasteiger partial charge in [-0.1, -0.05) is 39.3 Å². The van der Waals surface area contributed by atoms with Crippen molar-refractivity contribution in [1.29, 1.82) is 0 Å². The highest BCUT2D eigenvalue weighted by Gasteiger charge is 2.15. The van der Waals surface area contributed by atoms with Gasteiger partial charge in [0.2, 0.25) is 0 Å². The van der Waals surface area contributed by atoms with Crippen LogP contribution in [0.15, 0.2) is 18.2 Å². The van der Waals surface area contributed by atoms with Crippen molar-refractivity contribution in [2.45, 2.75) is 53.4 Å². The Morgan fingerprint density at radius 1 is 1.11 bits per heavy atom. The molecule has 0 aliphatic carbocycles. The number of aryl methyl sites for hydroxylation is 1. The number of carbonyl (C=O) groups excluding carboxylic acids is 1. The molecule has 0 heterocycles. The minimum Gasteiger partial charge on any atom is -0.339 e. The van der Waals surface area contributed by atoms with Crippen LogP contribution in [-0.2, 0) is 0 Å². The zero-order valence-corrected chi connectivity index (χ0v) is 13.0. The molecule has 1 rings (SSSR count). The van der Waals surface area contributed by atoms with Crippen LogP contribution in [0.4, 0.5) is 0 Å². The van der Waals surface area contributed by atoms with E-state index in [2.05, 4.69) is 46.8 Å². The van der Waals surface area contributed by atoms with E-state index in [1.165, 1.54) is 11.1 Å². The van der Waals surface area contributed by atoms with E-state index >= 15 is 0 Å². The first-order valence-electron chi connectivity index (χ1n) is 7.40. The molecule has 0 fully saturated rings. The quantitative estimate of drug-likeness (QED) is 0.744.